The molecule has 0 radical (unpaired) electrons. The number of nitrogens with zero attached hydrogens (tertiary/aromatic N) is 2. The number of carbonyl (C=O) groups is 1. The Kier molecular flexibility index (Phi) is 4.87. The minimum Gasteiger partial charge on any atom is -0.463 e. The zero-order valence-electron chi connectivity index (χ0n) is 10.8. The van der Waals surface area contributed by atoms with Crippen LogP contribution in [-0.4, -0.2) is 29.6 Å². The summed E-state index contributed by atoms with van der Waals surface area (Å²) in [4.78, 5) is 19.8. The largest absolute Gasteiger partial charge is 0.463 e. The maximum atomic E-state index is 11.4. The first kappa shape index (κ1) is 13.4. The lowest BCUT2D eigenvalue weighted by Crippen LogP contribution is -2.14. The number of esters is 1. The van der Waals surface area contributed by atoms with Gasteiger partial charge in [-0.1, -0.05) is 13.8 Å². The molecule has 17 heavy (non-hydrogen) atoms. The third kappa shape index (κ3) is 3.15. The predicted octanol–water partition coefficient (Wildman–Crippen LogP) is 1.96. The fourth-order valence-electron chi connectivity index (χ4n) is 1.51. The van der Waals surface area contributed by atoms with Gasteiger partial charge in [0.2, 0.25) is 5.82 Å². The van der Waals surface area contributed by atoms with E-state index in [1.807, 2.05) is 13.8 Å². The van der Waals surface area contributed by atoms with E-state index in [4.69, 9.17) is 0 Å². The second-order valence-corrected chi connectivity index (χ2v) is 3.74. The number of carbonyl (C=O) groups excluding carboxylic acids is 1. The predicted molar refractivity (Wildman–Crippen MR) is 66.3 cm³/mol. The van der Waals surface area contributed by atoms with Crippen LogP contribution < -0.4 is 5.32 Å². The maximum absolute atomic E-state index is 11.4. The second-order valence-electron chi connectivity index (χ2n) is 3.74. The molecule has 0 spiro atoms. The van der Waals surface area contributed by atoms with Gasteiger partial charge < -0.3 is 10.1 Å². The lowest BCUT2D eigenvalue weighted by molar-refractivity contribution is 0.0586. The number of hydrogen-bond acceptors (Lipinski definition) is 5. The zero-order valence-corrected chi connectivity index (χ0v) is 10.8. The molecule has 1 heterocycles. The Morgan fingerprint density at radius 2 is 2.06 bits per heavy atom. The highest BCUT2D eigenvalue weighted by Gasteiger charge is 2.15. The lowest BCUT2D eigenvalue weighted by atomic mass is 10.2. The van der Waals surface area contributed by atoms with E-state index in [1.165, 1.54) is 7.11 Å². The summed E-state index contributed by atoms with van der Waals surface area (Å²) < 4.78 is 4.64. The Hall–Kier alpha value is -1.65. The molecule has 0 bridgehead atoms. The van der Waals surface area contributed by atoms with Crippen molar-refractivity contribution in [2.45, 2.75) is 33.6 Å². The highest BCUT2D eigenvalue weighted by molar-refractivity contribution is 5.85. The fraction of sp³-hybridized carbons (Fsp3) is 0.583. The molecule has 1 aromatic heterocycles. The van der Waals surface area contributed by atoms with Gasteiger partial charge in [-0.2, -0.15) is 0 Å². The van der Waals surface area contributed by atoms with E-state index in [0.717, 1.165) is 36.5 Å². The van der Waals surface area contributed by atoms with Gasteiger partial charge in [0.25, 0.3) is 0 Å². The number of anilines is 1. The molecule has 1 N–H and O–H groups in total. The molecular formula is C12H19N3O2. The molecular weight excluding hydrogens is 218 g/mol. The molecule has 0 atom stereocenters. The molecule has 0 aliphatic heterocycles. The number of rotatable bonds is 5. The van der Waals surface area contributed by atoms with Crippen molar-refractivity contribution in [1.29, 1.82) is 0 Å². The van der Waals surface area contributed by atoms with Crippen molar-refractivity contribution < 1.29 is 9.53 Å². The Labute approximate surface area is 102 Å². The van der Waals surface area contributed by atoms with Crippen LogP contribution in [0.5, 0.6) is 0 Å². The molecule has 5 heteroatoms. The topological polar surface area (TPSA) is 64.1 Å². The van der Waals surface area contributed by atoms with E-state index in [9.17, 15) is 4.79 Å². The van der Waals surface area contributed by atoms with Crippen LogP contribution in [0.2, 0.25) is 0 Å². The van der Waals surface area contributed by atoms with Crippen molar-refractivity contribution in [2.75, 3.05) is 19.0 Å². The average molecular weight is 237 g/mol. The van der Waals surface area contributed by atoms with Crippen molar-refractivity contribution >= 4 is 11.8 Å². The first-order chi connectivity index (χ1) is 8.13. The van der Waals surface area contributed by atoms with Gasteiger partial charge in [0.1, 0.15) is 5.82 Å². The molecule has 1 aromatic rings. The lowest BCUT2D eigenvalue weighted by Gasteiger charge is -2.11. The first-order valence-electron chi connectivity index (χ1n) is 5.83. The van der Waals surface area contributed by atoms with Crippen LogP contribution in [0, 0.1) is 6.92 Å². The average Bonchev–Trinajstić information content (AvgIpc) is 2.36. The molecule has 0 aliphatic rings. The quantitative estimate of drug-likeness (QED) is 0.793. The van der Waals surface area contributed by atoms with Crippen LogP contribution in [0.1, 0.15) is 42.1 Å². The molecule has 0 fully saturated rings. The van der Waals surface area contributed by atoms with Crippen molar-refractivity contribution in [3.8, 4) is 0 Å². The Bertz CT molecular complexity index is 405. The fourth-order valence-corrected chi connectivity index (χ4v) is 1.51. The van der Waals surface area contributed by atoms with Crippen LogP contribution in [0.25, 0.3) is 0 Å². The van der Waals surface area contributed by atoms with E-state index in [0.29, 0.717) is 0 Å². The number of aromatic nitrogens is 2. The van der Waals surface area contributed by atoms with E-state index in [2.05, 4.69) is 26.9 Å². The van der Waals surface area contributed by atoms with Crippen LogP contribution in [0.3, 0.4) is 0 Å². The minimum absolute atomic E-state index is 0.119. The Morgan fingerprint density at radius 1 is 1.35 bits per heavy atom. The van der Waals surface area contributed by atoms with Gasteiger partial charge in [-0.3, -0.25) is 0 Å². The molecule has 5 nitrogen and oxygen atoms in total. The van der Waals surface area contributed by atoms with Gasteiger partial charge in [0.15, 0.2) is 0 Å². The van der Waals surface area contributed by atoms with Gasteiger partial charge in [-0.05, 0) is 19.8 Å². The number of methoxy groups -OCH3 is 1. The molecule has 0 aliphatic carbocycles. The van der Waals surface area contributed by atoms with Crippen molar-refractivity contribution in [2.24, 2.45) is 0 Å². The molecule has 1 rings (SSSR count). The Balaban J connectivity index is 3.13. The van der Waals surface area contributed by atoms with E-state index in [1.54, 1.807) is 0 Å². The van der Waals surface area contributed by atoms with Crippen molar-refractivity contribution in [3.63, 3.8) is 0 Å². The number of aryl methyl sites for hydroxylation is 1. The van der Waals surface area contributed by atoms with Gasteiger partial charge in [-0.25, -0.2) is 14.8 Å². The number of nitrogens with one attached hydrogen (secondary N) is 1. The normalized spacial score (nSPS) is 10.1. The first-order valence-corrected chi connectivity index (χ1v) is 5.83. The van der Waals surface area contributed by atoms with Crippen LogP contribution in [0.4, 0.5) is 5.82 Å². The third-order valence-electron chi connectivity index (χ3n) is 2.49. The summed E-state index contributed by atoms with van der Waals surface area (Å²) in [5, 5.41) is 3.20. The minimum atomic E-state index is -0.501. The maximum Gasteiger partial charge on any atom is 0.376 e. The molecule has 0 saturated heterocycles. The summed E-state index contributed by atoms with van der Waals surface area (Å²) in [6, 6.07) is 0. The number of ether oxygens (including phenoxy) is 1. The second kappa shape index (κ2) is 6.18. The van der Waals surface area contributed by atoms with Gasteiger partial charge in [-0.15, -0.1) is 0 Å². The summed E-state index contributed by atoms with van der Waals surface area (Å²) in [5.74, 6) is 0.340. The molecule has 0 aromatic carbocycles. The van der Waals surface area contributed by atoms with Gasteiger partial charge in [0.05, 0.1) is 7.11 Å². The smallest absolute Gasteiger partial charge is 0.376 e. The highest BCUT2D eigenvalue weighted by atomic mass is 16.5. The standard InChI is InChI=1S/C12H19N3O2/c1-5-7-13-10-8(3)9(6-2)14-11(15-10)12(16)17-4/h5-7H2,1-4H3,(H,13,14,15). The van der Waals surface area contributed by atoms with Crippen molar-refractivity contribution in [1.82, 2.24) is 9.97 Å². The van der Waals surface area contributed by atoms with E-state index in [-0.39, 0.29) is 5.82 Å². The highest BCUT2D eigenvalue weighted by Crippen LogP contribution is 2.16. The third-order valence-corrected chi connectivity index (χ3v) is 2.49. The summed E-state index contributed by atoms with van der Waals surface area (Å²) in [6.07, 6.45) is 1.76. The summed E-state index contributed by atoms with van der Waals surface area (Å²) in [6.45, 7) is 6.85. The monoisotopic (exact) mass is 237 g/mol. The van der Waals surface area contributed by atoms with Crippen LogP contribution >= 0.6 is 0 Å². The molecule has 0 saturated carbocycles. The van der Waals surface area contributed by atoms with E-state index < -0.39 is 5.97 Å². The summed E-state index contributed by atoms with van der Waals surface area (Å²) >= 11 is 0. The molecule has 0 unspecified atom stereocenters. The SMILES string of the molecule is CCCNc1nc(C(=O)OC)nc(CC)c1C. The van der Waals surface area contributed by atoms with Crippen LogP contribution in [0.15, 0.2) is 0 Å². The summed E-state index contributed by atoms with van der Waals surface area (Å²) in [5.41, 5.74) is 1.87. The summed E-state index contributed by atoms with van der Waals surface area (Å²) in [7, 11) is 1.33. The van der Waals surface area contributed by atoms with Crippen LogP contribution in [-0.2, 0) is 11.2 Å². The number of hydrogen-bond donors (Lipinski definition) is 1. The van der Waals surface area contributed by atoms with Gasteiger partial charge >= 0.3 is 5.97 Å². The Morgan fingerprint density at radius 3 is 2.59 bits per heavy atom. The van der Waals surface area contributed by atoms with Gasteiger partial charge in [0, 0.05) is 17.8 Å². The zero-order chi connectivity index (χ0) is 12.8. The molecule has 94 valence electrons. The van der Waals surface area contributed by atoms with E-state index >= 15 is 0 Å². The molecule has 0 amide bonds. The van der Waals surface area contributed by atoms with Crippen molar-refractivity contribution in [3.05, 3.63) is 17.1 Å².